The van der Waals surface area contributed by atoms with Gasteiger partial charge in [-0.15, -0.1) is 0 Å². The Morgan fingerprint density at radius 3 is 1.59 bits per heavy atom. The lowest BCUT2D eigenvalue weighted by atomic mass is 10.0. The molecule has 0 saturated carbocycles. The molecule has 1 heteroatoms. The second-order valence-electron chi connectivity index (χ2n) is 2.33. The van der Waals surface area contributed by atoms with E-state index in [0.717, 1.165) is 12.0 Å². The smallest absolute Gasteiger partial charge is 0.160 e. The summed E-state index contributed by atoms with van der Waals surface area (Å²) in [6.07, 6.45) is 4.12. The fraction of sp³-hybridized carbons (Fsp3) is 0.562. The molecule has 0 saturated heterocycles. The summed E-state index contributed by atoms with van der Waals surface area (Å²) in [5.41, 5.74) is 1.56. The maximum atomic E-state index is 11.0. The molecule has 1 nitrogen and oxygen atoms in total. The van der Waals surface area contributed by atoms with Gasteiger partial charge < -0.3 is 0 Å². The molecule has 0 bridgehead atoms. The first-order valence-corrected chi connectivity index (χ1v) is 6.65. The molecule has 0 atom stereocenters. The third-order valence-electron chi connectivity index (χ3n) is 1.47. The molecular formula is C16H32O. The van der Waals surface area contributed by atoms with Gasteiger partial charge in [0, 0.05) is 5.57 Å². The van der Waals surface area contributed by atoms with Crippen molar-refractivity contribution in [2.75, 3.05) is 0 Å². The maximum Gasteiger partial charge on any atom is 0.160 e. The minimum atomic E-state index is 0.0525. The summed E-state index contributed by atoms with van der Waals surface area (Å²) < 4.78 is 0. The van der Waals surface area contributed by atoms with E-state index >= 15 is 0 Å². The fourth-order valence-corrected chi connectivity index (χ4v) is 0.792. The van der Waals surface area contributed by atoms with Gasteiger partial charge in [-0.2, -0.15) is 0 Å². The Balaban J connectivity index is -0.000000121. The Morgan fingerprint density at radius 2 is 1.41 bits per heavy atom. The first-order chi connectivity index (χ1) is 8.13. The van der Waals surface area contributed by atoms with Crippen LogP contribution in [-0.4, -0.2) is 5.78 Å². The molecule has 102 valence electrons. The highest BCUT2D eigenvalue weighted by Crippen LogP contribution is 2.12. The van der Waals surface area contributed by atoms with Crippen molar-refractivity contribution >= 4 is 5.78 Å². The third kappa shape index (κ3) is 17.5. The molecule has 0 aliphatic rings. The van der Waals surface area contributed by atoms with Crippen molar-refractivity contribution in [3.63, 3.8) is 0 Å². The van der Waals surface area contributed by atoms with Crippen LogP contribution in [-0.2, 0) is 4.79 Å². The molecule has 0 aliphatic carbocycles. The average molecular weight is 240 g/mol. The van der Waals surface area contributed by atoms with Crippen molar-refractivity contribution in [2.45, 2.75) is 61.8 Å². The lowest BCUT2D eigenvalue weighted by Crippen LogP contribution is -1.98. The minimum absolute atomic E-state index is 0.0525. The number of rotatable bonds is 4. The molecule has 0 heterocycles. The molecule has 0 spiro atoms. The van der Waals surface area contributed by atoms with Gasteiger partial charge in [0.2, 0.25) is 0 Å². The molecule has 0 fully saturated rings. The van der Waals surface area contributed by atoms with Crippen molar-refractivity contribution in [3.8, 4) is 0 Å². The molecule has 0 aliphatic heterocycles. The maximum absolute atomic E-state index is 11.0. The van der Waals surface area contributed by atoms with Crippen LogP contribution in [0.15, 0.2) is 36.5 Å². The molecule has 0 radical (unpaired) electrons. The fourth-order valence-electron chi connectivity index (χ4n) is 0.792. The van der Waals surface area contributed by atoms with Gasteiger partial charge in [0.05, 0.1) is 0 Å². The van der Waals surface area contributed by atoms with Crippen LogP contribution in [0.4, 0.5) is 0 Å². The van der Waals surface area contributed by atoms with Gasteiger partial charge >= 0.3 is 0 Å². The van der Waals surface area contributed by atoms with E-state index in [1.54, 1.807) is 12.2 Å². The molecular weight excluding hydrogens is 208 g/mol. The Bertz CT molecular complexity index is 210. The standard InChI is InChI=1S/C10H14O.3C2H6/c1-5-7-10(9(4)11)8(3)6-2;3*1-2/h5,7H,1,3,6H2,2,4H3;3*1-2H3/b10-7+;;;. The van der Waals surface area contributed by atoms with E-state index < -0.39 is 0 Å². The third-order valence-corrected chi connectivity index (χ3v) is 1.47. The zero-order chi connectivity index (χ0) is 14.9. The number of carbonyl (C=O) groups is 1. The number of Topliss-reactive ketones (excluding diaryl/α,β-unsaturated/α-hetero) is 1. The van der Waals surface area contributed by atoms with Crippen LogP contribution in [0.5, 0.6) is 0 Å². The average Bonchev–Trinajstić information content (AvgIpc) is 2.41. The summed E-state index contributed by atoms with van der Waals surface area (Å²) in [6.45, 7) is 22.8. The molecule has 0 unspecified atom stereocenters. The normalized spacial score (nSPS) is 8.12. The molecule has 17 heavy (non-hydrogen) atoms. The summed E-state index contributed by atoms with van der Waals surface area (Å²) in [4.78, 5) is 11.0. The first-order valence-electron chi connectivity index (χ1n) is 6.65. The van der Waals surface area contributed by atoms with Gasteiger partial charge in [0.25, 0.3) is 0 Å². The van der Waals surface area contributed by atoms with E-state index in [2.05, 4.69) is 13.2 Å². The number of hydrogen-bond acceptors (Lipinski definition) is 1. The van der Waals surface area contributed by atoms with E-state index in [9.17, 15) is 4.79 Å². The van der Waals surface area contributed by atoms with Crippen LogP contribution in [0, 0.1) is 0 Å². The van der Waals surface area contributed by atoms with Gasteiger partial charge in [-0.25, -0.2) is 0 Å². The van der Waals surface area contributed by atoms with Gasteiger partial charge in [-0.3, -0.25) is 4.79 Å². The topological polar surface area (TPSA) is 17.1 Å². The van der Waals surface area contributed by atoms with Gasteiger partial charge in [-0.05, 0) is 18.9 Å². The van der Waals surface area contributed by atoms with Crippen LogP contribution >= 0.6 is 0 Å². The van der Waals surface area contributed by atoms with Crippen molar-refractivity contribution in [2.24, 2.45) is 0 Å². The van der Waals surface area contributed by atoms with Crippen molar-refractivity contribution in [1.29, 1.82) is 0 Å². The Morgan fingerprint density at radius 1 is 1.06 bits per heavy atom. The molecule has 0 rings (SSSR count). The van der Waals surface area contributed by atoms with Crippen LogP contribution in [0.3, 0.4) is 0 Å². The van der Waals surface area contributed by atoms with Crippen molar-refractivity contribution < 1.29 is 4.79 Å². The van der Waals surface area contributed by atoms with Crippen molar-refractivity contribution in [1.82, 2.24) is 0 Å². The van der Waals surface area contributed by atoms with Crippen LogP contribution < -0.4 is 0 Å². The number of ketones is 1. The zero-order valence-corrected chi connectivity index (χ0v) is 13.2. The monoisotopic (exact) mass is 240 g/mol. The Hall–Kier alpha value is -1.11. The highest BCUT2D eigenvalue weighted by atomic mass is 16.1. The highest BCUT2D eigenvalue weighted by molar-refractivity contribution is 5.97. The Kier molecular flexibility index (Phi) is 35.5. The lowest BCUT2D eigenvalue weighted by Gasteiger charge is -2.02. The second kappa shape index (κ2) is 24.2. The first kappa shape index (κ1) is 24.9. The van der Waals surface area contributed by atoms with Crippen LogP contribution in [0.1, 0.15) is 61.8 Å². The van der Waals surface area contributed by atoms with E-state index in [-0.39, 0.29) is 5.78 Å². The predicted octanol–water partition coefficient (Wildman–Crippen LogP) is 5.73. The lowest BCUT2D eigenvalue weighted by molar-refractivity contribution is -0.113. The number of carbonyl (C=O) groups excluding carboxylic acids is 1. The van der Waals surface area contributed by atoms with E-state index in [1.807, 2.05) is 48.5 Å². The van der Waals surface area contributed by atoms with Gasteiger partial charge in [0.1, 0.15) is 0 Å². The summed E-state index contributed by atoms with van der Waals surface area (Å²) in [6, 6.07) is 0. The number of hydrogen-bond donors (Lipinski definition) is 0. The van der Waals surface area contributed by atoms with Crippen LogP contribution in [0.2, 0.25) is 0 Å². The van der Waals surface area contributed by atoms with E-state index in [4.69, 9.17) is 0 Å². The summed E-state index contributed by atoms with van der Waals surface area (Å²) >= 11 is 0. The Labute approximate surface area is 109 Å². The van der Waals surface area contributed by atoms with Gasteiger partial charge in [0.15, 0.2) is 5.78 Å². The molecule has 0 aromatic rings. The number of allylic oxidation sites excluding steroid dienone is 4. The summed E-state index contributed by atoms with van der Waals surface area (Å²) in [7, 11) is 0. The van der Waals surface area contributed by atoms with E-state index in [1.165, 1.54) is 6.92 Å². The van der Waals surface area contributed by atoms with E-state index in [0.29, 0.717) is 5.57 Å². The summed E-state index contributed by atoms with van der Waals surface area (Å²) in [5, 5.41) is 0. The SMILES string of the molecule is C=C/C=C(\C(=C)CC)C(C)=O.CC.CC.CC. The molecule has 0 amide bonds. The second-order valence-corrected chi connectivity index (χ2v) is 2.33. The van der Waals surface area contributed by atoms with Crippen LogP contribution in [0.25, 0.3) is 0 Å². The molecule has 0 N–H and O–H groups in total. The summed E-state index contributed by atoms with van der Waals surface area (Å²) in [5.74, 6) is 0.0525. The molecule has 0 aromatic heterocycles. The largest absolute Gasteiger partial charge is 0.295 e. The predicted molar refractivity (Wildman–Crippen MR) is 82.4 cm³/mol. The minimum Gasteiger partial charge on any atom is -0.295 e. The zero-order valence-electron chi connectivity index (χ0n) is 13.2. The van der Waals surface area contributed by atoms with Crippen molar-refractivity contribution in [3.05, 3.63) is 36.5 Å². The van der Waals surface area contributed by atoms with Gasteiger partial charge in [-0.1, -0.05) is 73.8 Å². The highest BCUT2D eigenvalue weighted by Gasteiger charge is 2.04. The molecule has 0 aromatic carbocycles. The quantitative estimate of drug-likeness (QED) is 0.453.